The Bertz CT molecular complexity index is 1430. The number of rotatable bonds is 7. The number of aromatic nitrogens is 2. The van der Waals surface area contributed by atoms with E-state index in [1.807, 2.05) is 49.4 Å². The number of nitrogens with zero attached hydrogens (tertiary/aromatic N) is 3. The summed E-state index contributed by atoms with van der Waals surface area (Å²) < 4.78 is 15.7. The van der Waals surface area contributed by atoms with Crippen LogP contribution < -0.4 is 15.0 Å². The van der Waals surface area contributed by atoms with Gasteiger partial charge in [-0.2, -0.15) is 9.78 Å². The van der Waals surface area contributed by atoms with Gasteiger partial charge < -0.3 is 9.47 Å². The van der Waals surface area contributed by atoms with E-state index in [1.165, 1.54) is 4.68 Å². The van der Waals surface area contributed by atoms with Crippen LogP contribution in [0, 0.1) is 6.92 Å². The topological polar surface area (TPSA) is 65.7 Å². The molecule has 3 aromatic carbocycles. The lowest BCUT2D eigenvalue weighted by atomic mass is 10.2. The largest absolute Gasteiger partial charge is 0.490 e. The molecule has 1 heterocycles. The number of halogens is 3. The van der Waals surface area contributed by atoms with Gasteiger partial charge in [0.05, 0.1) is 28.2 Å². The number of ether oxygens (including phenoxy) is 2. The highest BCUT2D eigenvalue weighted by Gasteiger charge is 2.13. The van der Waals surface area contributed by atoms with E-state index in [1.54, 1.807) is 25.3 Å². The predicted molar refractivity (Wildman–Crippen MR) is 145 cm³/mol. The summed E-state index contributed by atoms with van der Waals surface area (Å²) in [4.78, 5) is 17.5. The first-order chi connectivity index (χ1) is 16.4. The predicted octanol–water partition coefficient (Wildman–Crippen LogP) is 6.85. The second-order valence-corrected chi connectivity index (χ2v) is 10.0. The van der Waals surface area contributed by atoms with Crippen LogP contribution in [0.15, 0.2) is 77.9 Å². The molecule has 1 aromatic heterocycles. The Kier molecular flexibility index (Phi) is 7.85. The van der Waals surface area contributed by atoms with Gasteiger partial charge in [-0.1, -0.05) is 44.0 Å². The average molecular weight is 650 g/mol. The fourth-order valence-electron chi connectivity index (χ4n) is 3.32. The zero-order valence-corrected chi connectivity index (χ0v) is 23.1. The Morgan fingerprint density at radius 1 is 1.00 bits per heavy atom. The average Bonchev–Trinajstić information content (AvgIpc) is 2.80. The smallest absolute Gasteiger partial charge is 0.282 e. The molecule has 0 aliphatic carbocycles. The zero-order chi connectivity index (χ0) is 24.2. The minimum Gasteiger partial charge on any atom is -0.490 e. The van der Waals surface area contributed by atoms with E-state index < -0.39 is 0 Å². The zero-order valence-electron chi connectivity index (χ0n) is 18.4. The first-order valence-corrected chi connectivity index (χ1v) is 12.8. The van der Waals surface area contributed by atoms with Gasteiger partial charge >= 0.3 is 0 Å². The molecule has 9 heteroatoms. The summed E-state index contributed by atoms with van der Waals surface area (Å²) in [5, 5.41) is 4.90. The molecule has 4 rings (SSSR count). The minimum absolute atomic E-state index is 0.237. The van der Waals surface area contributed by atoms with Crippen molar-refractivity contribution in [2.75, 3.05) is 6.61 Å². The molecule has 34 heavy (non-hydrogen) atoms. The molecule has 0 saturated carbocycles. The second kappa shape index (κ2) is 10.8. The van der Waals surface area contributed by atoms with E-state index in [4.69, 9.17) is 9.47 Å². The van der Waals surface area contributed by atoms with Gasteiger partial charge in [-0.05, 0) is 83.4 Å². The van der Waals surface area contributed by atoms with Crippen molar-refractivity contribution in [1.82, 2.24) is 9.66 Å². The summed E-state index contributed by atoms with van der Waals surface area (Å²) in [7, 11) is 0. The second-order valence-electron chi connectivity index (χ2n) is 7.36. The van der Waals surface area contributed by atoms with Crippen LogP contribution in [-0.2, 0) is 6.61 Å². The molecule has 0 fully saturated rings. The summed E-state index contributed by atoms with van der Waals surface area (Å²) in [6.07, 6.45) is 1.60. The molecule has 0 atom stereocenters. The fraction of sp³-hybridized carbons (Fsp3) is 0.160. The molecule has 0 spiro atoms. The van der Waals surface area contributed by atoms with E-state index in [9.17, 15) is 4.79 Å². The molecule has 0 amide bonds. The van der Waals surface area contributed by atoms with Crippen LogP contribution >= 0.6 is 47.8 Å². The van der Waals surface area contributed by atoms with E-state index in [0.717, 1.165) is 24.5 Å². The molecule has 174 valence electrons. The summed E-state index contributed by atoms with van der Waals surface area (Å²) in [5.74, 6) is 1.68. The Morgan fingerprint density at radius 2 is 1.74 bits per heavy atom. The van der Waals surface area contributed by atoms with Crippen molar-refractivity contribution >= 4 is 64.9 Å². The number of hydrogen-bond donors (Lipinski definition) is 0. The van der Waals surface area contributed by atoms with Crippen molar-refractivity contribution in [2.45, 2.75) is 20.5 Å². The Hall–Kier alpha value is -2.49. The van der Waals surface area contributed by atoms with Crippen molar-refractivity contribution in [3.05, 3.63) is 95.3 Å². The van der Waals surface area contributed by atoms with Crippen molar-refractivity contribution in [3.8, 4) is 11.5 Å². The molecule has 4 aromatic rings. The van der Waals surface area contributed by atoms with Gasteiger partial charge in [0.15, 0.2) is 11.5 Å². The third-order valence-corrected chi connectivity index (χ3v) is 6.53. The van der Waals surface area contributed by atoms with Gasteiger partial charge in [-0.25, -0.2) is 4.98 Å². The van der Waals surface area contributed by atoms with Gasteiger partial charge in [0.2, 0.25) is 0 Å². The van der Waals surface area contributed by atoms with Crippen LogP contribution in [0.1, 0.15) is 23.9 Å². The lowest BCUT2D eigenvalue weighted by molar-refractivity contribution is 0.267. The quantitative estimate of drug-likeness (QED) is 0.206. The SMILES string of the molecule is CCOc1cc(C=Nn2c(C)nc3ccc(Br)cc3c2=O)cc(Br)c1OCc1ccc(Br)cc1. The maximum absolute atomic E-state index is 13.0. The molecule has 0 aliphatic rings. The minimum atomic E-state index is -0.237. The van der Waals surface area contributed by atoms with Gasteiger partial charge in [0.1, 0.15) is 12.4 Å². The standard InChI is InChI=1S/C25H20Br3N3O3/c1-3-33-23-11-17(10-21(28)24(23)34-14-16-4-6-18(26)7-5-16)13-29-31-15(2)30-22-9-8-19(27)12-20(22)25(31)32/h4-13H,3,14H2,1-2H3. The summed E-state index contributed by atoms with van der Waals surface area (Å²) in [5.41, 5.74) is 2.17. The molecular formula is C25H20Br3N3O3. The van der Waals surface area contributed by atoms with Crippen LogP contribution in [-0.4, -0.2) is 22.5 Å². The highest BCUT2D eigenvalue weighted by atomic mass is 79.9. The van der Waals surface area contributed by atoms with E-state index in [-0.39, 0.29) is 5.56 Å². The molecule has 0 unspecified atom stereocenters. The molecule has 0 saturated heterocycles. The highest BCUT2D eigenvalue weighted by molar-refractivity contribution is 9.11. The summed E-state index contributed by atoms with van der Waals surface area (Å²) in [6.45, 7) is 4.53. The van der Waals surface area contributed by atoms with Gasteiger partial charge in [0.25, 0.3) is 5.56 Å². The fourth-order valence-corrected chi connectivity index (χ4v) is 4.52. The van der Waals surface area contributed by atoms with Gasteiger partial charge in [-0.3, -0.25) is 4.79 Å². The maximum atomic E-state index is 13.0. The number of hydrogen-bond acceptors (Lipinski definition) is 5. The Morgan fingerprint density at radius 3 is 2.47 bits per heavy atom. The van der Waals surface area contributed by atoms with Crippen LogP contribution in [0.3, 0.4) is 0 Å². The first kappa shape index (κ1) is 24.6. The molecule has 0 radical (unpaired) electrons. The number of fused-ring (bicyclic) bond motifs is 1. The van der Waals surface area contributed by atoms with Gasteiger partial charge in [0, 0.05) is 8.95 Å². The normalized spacial score (nSPS) is 11.3. The van der Waals surface area contributed by atoms with E-state index in [2.05, 4.69) is 57.9 Å². The van der Waals surface area contributed by atoms with E-state index >= 15 is 0 Å². The highest BCUT2D eigenvalue weighted by Crippen LogP contribution is 2.37. The number of aryl methyl sites for hydroxylation is 1. The Labute approximate surface area is 222 Å². The lowest BCUT2D eigenvalue weighted by Gasteiger charge is -2.15. The van der Waals surface area contributed by atoms with Crippen molar-refractivity contribution in [1.29, 1.82) is 0 Å². The van der Waals surface area contributed by atoms with Crippen LogP contribution in [0.25, 0.3) is 10.9 Å². The van der Waals surface area contributed by atoms with Gasteiger partial charge in [-0.15, -0.1) is 0 Å². The third kappa shape index (κ3) is 5.59. The molecule has 6 nitrogen and oxygen atoms in total. The monoisotopic (exact) mass is 647 g/mol. The molecule has 0 bridgehead atoms. The van der Waals surface area contributed by atoms with E-state index in [0.29, 0.717) is 41.4 Å². The summed E-state index contributed by atoms with van der Waals surface area (Å²) in [6, 6.07) is 17.1. The van der Waals surface area contributed by atoms with Crippen LogP contribution in [0.5, 0.6) is 11.5 Å². The van der Waals surface area contributed by atoms with Crippen molar-refractivity contribution in [3.63, 3.8) is 0 Å². The summed E-state index contributed by atoms with van der Waals surface area (Å²) >= 11 is 10.4. The Balaban J connectivity index is 1.65. The van der Waals surface area contributed by atoms with Crippen LogP contribution in [0.2, 0.25) is 0 Å². The molecule has 0 aliphatic heterocycles. The van der Waals surface area contributed by atoms with Crippen molar-refractivity contribution in [2.24, 2.45) is 5.10 Å². The third-order valence-electron chi connectivity index (χ3n) is 4.92. The number of benzene rings is 3. The lowest BCUT2D eigenvalue weighted by Crippen LogP contribution is -2.20. The van der Waals surface area contributed by atoms with Crippen LogP contribution in [0.4, 0.5) is 0 Å². The molecular weight excluding hydrogens is 630 g/mol. The molecule has 0 N–H and O–H groups in total. The maximum Gasteiger partial charge on any atom is 0.282 e. The van der Waals surface area contributed by atoms with Crippen molar-refractivity contribution < 1.29 is 9.47 Å². The first-order valence-electron chi connectivity index (χ1n) is 10.4.